The summed E-state index contributed by atoms with van der Waals surface area (Å²) >= 11 is 0.754. The predicted molar refractivity (Wildman–Crippen MR) is 143 cm³/mol. The molecule has 3 aromatic carbocycles. The molecule has 38 heavy (non-hydrogen) atoms. The molecule has 4 rings (SSSR count). The second-order valence-electron chi connectivity index (χ2n) is 7.96. The average Bonchev–Trinajstić information content (AvgIpc) is 3.18. The molecule has 1 aliphatic heterocycles. The van der Waals surface area contributed by atoms with Gasteiger partial charge < -0.3 is 19.5 Å². The van der Waals surface area contributed by atoms with E-state index in [0.717, 1.165) is 16.7 Å². The third kappa shape index (κ3) is 6.60. The molecule has 0 unspecified atom stereocenters. The van der Waals surface area contributed by atoms with Gasteiger partial charge in [-0.05, 0) is 91.0 Å². The topological polar surface area (TPSA) is 111 Å². The zero-order valence-electron chi connectivity index (χ0n) is 20.6. The summed E-state index contributed by atoms with van der Waals surface area (Å²) in [5, 5.41) is 2.13. The number of carbonyl (C=O) groups is 4. The van der Waals surface area contributed by atoms with E-state index >= 15 is 0 Å². The zero-order valence-corrected chi connectivity index (χ0v) is 21.4. The largest absolute Gasteiger partial charge is 0.497 e. The first-order chi connectivity index (χ1) is 18.4. The second kappa shape index (κ2) is 12.1. The predicted octanol–water partition coefficient (Wildman–Crippen LogP) is 4.99. The molecule has 3 amide bonds. The van der Waals surface area contributed by atoms with Crippen molar-refractivity contribution in [3.63, 3.8) is 0 Å². The molecule has 0 aliphatic carbocycles. The molecule has 1 heterocycles. The lowest BCUT2D eigenvalue weighted by Gasteiger charge is -2.12. The first-order valence-corrected chi connectivity index (χ1v) is 12.4. The van der Waals surface area contributed by atoms with E-state index in [4.69, 9.17) is 14.2 Å². The molecule has 1 aliphatic rings. The molecular weight excluding hydrogens is 508 g/mol. The molecule has 0 aromatic heterocycles. The molecule has 0 saturated carbocycles. The Morgan fingerprint density at radius 3 is 2.16 bits per heavy atom. The molecule has 0 spiro atoms. The lowest BCUT2D eigenvalue weighted by atomic mass is 10.2. The Hall–Kier alpha value is -4.57. The van der Waals surface area contributed by atoms with Crippen molar-refractivity contribution in [3.05, 3.63) is 88.8 Å². The molecule has 9 nitrogen and oxygen atoms in total. The second-order valence-corrected chi connectivity index (χ2v) is 8.95. The Morgan fingerprint density at radius 2 is 1.53 bits per heavy atom. The first kappa shape index (κ1) is 26.5. The van der Waals surface area contributed by atoms with E-state index in [1.807, 2.05) is 6.92 Å². The van der Waals surface area contributed by atoms with Gasteiger partial charge >= 0.3 is 5.97 Å². The van der Waals surface area contributed by atoms with E-state index in [1.54, 1.807) is 78.9 Å². The summed E-state index contributed by atoms with van der Waals surface area (Å²) in [6.07, 6.45) is 1.55. The minimum atomic E-state index is -0.558. The minimum Gasteiger partial charge on any atom is -0.497 e. The SMILES string of the molecule is CCOc1ccc(NC(=O)CN2C(=O)S/C(=C/c3ccc(OC(=O)c4ccc(OC)cc4)cc3)C2=O)cc1. The summed E-state index contributed by atoms with van der Waals surface area (Å²) in [7, 11) is 1.54. The van der Waals surface area contributed by atoms with Crippen LogP contribution in [0.25, 0.3) is 6.08 Å². The van der Waals surface area contributed by atoms with Crippen molar-refractivity contribution in [2.45, 2.75) is 6.92 Å². The van der Waals surface area contributed by atoms with Crippen LogP contribution in [0.15, 0.2) is 77.7 Å². The molecule has 3 aromatic rings. The fourth-order valence-electron chi connectivity index (χ4n) is 3.46. The molecule has 1 saturated heterocycles. The number of thioether (sulfide) groups is 1. The third-order valence-electron chi connectivity index (χ3n) is 5.34. The number of imide groups is 1. The maximum absolute atomic E-state index is 12.8. The fourth-order valence-corrected chi connectivity index (χ4v) is 4.30. The highest BCUT2D eigenvalue weighted by molar-refractivity contribution is 8.18. The van der Waals surface area contributed by atoms with Gasteiger partial charge in [-0.2, -0.15) is 0 Å². The molecular formula is C28H24N2O7S. The van der Waals surface area contributed by atoms with E-state index in [9.17, 15) is 19.2 Å². The lowest BCUT2D eigenvalue weighted by molar-refractivity contribution is -0.127. The lowest BCUT2D eigenvalue weighted by Crippen LogP contribution is -2.36. The van der Waals surface area contributed by atoms with Crippen molar-refractivity contribution < 1.29 is 33.4 Å². The fraction of sp³-hybridized carbons (Fsp3) is 0.143. The van der Waals surface area contributed by atoms with Crippen molar-refractivity contribution in [3.8, 4) is 17.2 Å². The van der Waals surface area contributed by atoms with Gasteiger partial charge in [0.2, 0.25) is 5.91 Å². The molecule has 10 heteroatoms. The van der Waals surface area contributed by atoms with Crippen LogP contribution >= 0.6 is 11.8 Å². The van der Waals surface area contributed by atoms with E-state index < -0.39 is 29.6 Å². The Morgan fingerprint density at radius 1 is 0.895 bits per heavy atom. The number of hydrogen-bond acceptors (Lipinski definition) is 8. The summed E-state index contributed by atoms with van der Waals surface area (Å²) < 4.78 is 15.8. The molecule has 1 fully saturated rings. The number of benzene rings is 3. The van der Waals surface area contributed by atoms with E-state index in [1.165, 1.54) is 7.11 Å². The van der Waals surface area contributed by atoms with Crippen LogP contribution in [0.2, 0.25) is 0 Å². The van der Waals surface area contributed by atoms with Gasteiger partial charge in [0.05, 0.1) is 24.2 Å². The van der Waals surface area contributed by atoms with Crippen LogP contribution in [0.3, 0.4) is 0 Å². The maximum atomic E-state index is 12.8. The number of nitrogens with zero attached hydrogens (tertiary/aromatic N) is 1. The normalized spacial score (nSPS) is 13.9. The standard InChI is InChI=1S/C28H24N2O7S/c1-3-36-22-14-8-20(9-15-22)29-25(31)17-30-26(32)24(38-28(30)34)16-18-4-10-23(11-5-18)37-27(33)19-6-12-21(35-2)13-7-19/h4-16H,3,17H2,1-2H3,(H,29,31)/b24-16+. The van der Waals surface area contributed by atoms with Gasteiger partial charge in [0.25, 0.3) is 11.1 Å². The number of anilines is 1. The van der Waals surface area contributed by atoms with Gasteiger partial charge in [-0.3, -0.25) is 19.3 Å². The highest BCUT2D eigenvalue weighted by Gasteiger charge is 2.36. The van der Waals surface area contributed by atoms with Gasteiger partial charge in [0.15, 0.2) is 0 Å². The van der Waals surface area contributed by atoms with Crippen LogP contribution in [0.4, 0.5) is 10.5 Å². The Labute approximate surface area is 223 Å². The number of amides is 3. The van der Waals surface area contributed by atoms with Crippen LogP contribution in [-0.4, -0.2) is 48.2 Å². The zero-order chi connectivity index (χ0) is 27.1. The average molecular weight is 533 g/mol. The van der Waals surface area contributed by atoms with Gasteiger partial charge in [-0.1, -0.05) is 12.1 Å². The van der Waals surface area contributed by atoms with Crippen molar-refractivity contribution in [1.29, 1.82) is 0 Å². The van der Waals surface area contributed by atoms with E-state index in [0.29, 0.717) is 40.7 Å². The molecule has 0 bridgehead atoms. The van der Waals surface area contributed by atoms with Gasteiger partial charge in [-0.15, -0.1) is 0 Å². The van der Waals surface area contributed by atoms with Crippen molar-refractivity contribution in [2.24, 2.45) is 0 Å². The highest BCUT2D eigenvalue weighted by Crippen LogP contribution is 2.32. The van der Waals surface area contributed by atoms with Crippen LogP contribution in [0.1, 0.15) is 22.8 Å². The Bertz CT molecular complexity index is 1370. The quantitative estimate of drug-likeness (QED) is 0.233. The third-order valence-corrected chi connectivity index (χ3v) is 6.25. The Balaban J connectivity index is 1.34. The summed E-state index contributed by atoms with van der Waals surface area (Å²) in [6, 6.07) is 19.8. The maximum Gasteiger partial charge on any atom is 0.343 e. The number of carbonyl (C=O) groups excluding carboxylic acids is 4. The van der Waals surface area contributed by atoms with Crippen LogP contribution in [0.5, 0.6) is 17.2 Å². The summed E-state index contributed by atoms with van der Waals surface area (Å²) in [5.74, 6) is 0.0400. The van der Waals surface area contributed by atoms with E-state index in [2.05, 4.69) is 5.32 Å². The van der Waals surface area contributed by atoms with Crippen molar-refractivity contribution in [1.82, 2.24) is 4.90 Å². The number of esters is 1. The number of rotatable bonds is 9. The smallest absolute Gasteiger partial charge is 0.343 e. The highest BCUT2D eigenvalue weighted by atomic mass is 32.2. The van der Waals surface area contributed by atoms with Gasteiger partial charge in [0.1, 0.15) is 23.8 Å². The molecule has 0 radical (unpaired) electrons. The van der Waals surface area contributed by atoms with Crippen LogP contribution in [0, 0.1) is 0 Å². The summed E-state index contributed by atoms with van der Waals surface area (Å²) in [6.45, 7) is 1.99. The van der Waals surface area contributed by atoms with Crippen LogP contribution in [-0.2, 0) is 9.59 Å². The molecule has 0 atom stereocenters. The summed E-state index contributed by atoms with van der Waals surface area (Å²) in [5.41, 5.74) is 1.52. The monoisotopic (exact) mass is 532 g/mol. The van der Waals surface area contributed by atoms with Crippen molar-refractivity contribution >= 4 is 46.5 Å². The first-order valence-electron chi connectivity index (χ1n) is 11.6. The molecule has 1 N–H and O–H groups in total. The molecule has 194 valence electrons. The number of methoxy groups -OCH3 is 1. The minimum absolute atomic E-state index is 0.187. The Kier molecular flexibility index (Phi) is 8.44. The number of hydrogen-bond donors (Lipinski definition) is 1. The number of nitrogens with one attached hydrogen (secondary N) is 1. The summed E-state index contributed by atoms with van der Waals surface area (Å²) in [4.78, 5) is 51.0. The van der Waals surface area contributed by atoms with Crippen molar-refractivity contribution in [2.75, 3.05) is 25.6 Å². The van der Waals surface area contributed by atoms with E-state index in [-0.39, 0.29) is 4.91 Å². The number of ether oxygens (including phenoxy) is 3. The van der Waals surface area contributed by atoms with Gasteiger partial charge in [0, 0.05) is 5.69 Å². The van der Waals surface area contributed by atoms with Crippen LogP contribution < -0.4 is 19.5 Å². The van der Waals surface area contributed by atoms with Gasteiger partial charge in [-0.25, -0.2) is 4.79 Å².